The number of aromatic nitrogens is 1. The number of hydrogen-bond donors (Lipinski definition) is 2. The fourth-order valence-electron chi connectivity index (χ4n) is 3.25. The van der Waals surface area contributed by atoms with Gasteiger partial charge in [0, 0.05) is 16.3 Å². The van der Waals surface area contributed by atoms with Crippen LogP contribution in [-0.4, -0.2) is 22.0 Å². The zero-order chi connectivity index (χ0) is 21.4. The minimum Gasteiger partial charge on any atom is -0.457 e. The monoisotopic (exact) mass is 469 g/mol. The van der Waals surface area contributed by atoms with Crippen LogP contribution in [0.2, 0.25) is 5.02 Å². The Kier molecular flexibility index (Phi) is 5.43. The lowest BCUT2D eigenvalue weighted by atomic mass is 10.2. The van der Waals surface area contributed by atoms with Gasteiger partial charge in [-0.2, -0.15) is 0 Å². The third-order valence-corrected chi connectivity index (χ3v) is 7.32. The molecule has 1 atom stereocenters. The van der Waals surface area contributed by atoms with Crippen molar-refractivity contribution < 1.29 is 14.0 Å². The lowest BCUT2D eigenvalue weighted by Gasteiger charge is -2.23. The van der Waals surface area contributed by atoms with E-state index in [1.807, 2.05) is 42.5 Å². The molecule has 9 heteroatoms. The van der Waals surface area contributed by atoms with Gasteiger partial charge in [-0.15, -0.1) is 23.1 Å². The maximum absolute atomic E-state index is 12.4. The van der Waals surface area contributed by atoms with Gasteiger partial charge < -0.3 is 15.1 Å². The minimum atomic E-state index is -0.497. The van der Waals surface area contributed by atoms with Gasteiger partial charge in [0.15, 0.2) is 10.8 Å². The Morgan fingerprint density at radius 2 is 2.06 bits per heavy atom. The molecule has 0 fully saturated rings. The molecular formula is C22H16ClN3O3S2. The lowest BCUT2D eigenvalue weighted by Crippen LogP contribution is -2.34. The highest BCUT2D eigenvalue weighted by molar-refractivity contribution is 8.01. The van der Waals surface area contributed by atoms with E-state index in [0.29, 0.717) is 22.2 Å². The van der Waals surface area contributed by atoms with Crippen LogP contribution in [0.25, 0.3) is 21.0 Å². The van der Waals surface area contributed by atoms with Gasteiger partial charge >= 0.3 is 0 Å². The number of thiazole rings is 1. The molecule has 2 aromatic carbocycles. The Hall–Kier alpha value is -2.81. The molecule has 2 N–H and O–H groups in total. The van der Waals surface area contributed by atoms with Crippen molar-refractivity contribution in [3.63, 3.8) is 0 Å². The number of carbonyl (C=O) groups excluding carboxylic acids is 2. The lowest BCUT2D eigenvalue weighted by molar-refractivity contribution is -0.124. The molecule has 156 valence electrons. The number of fused-ring (bicyclic) bond motifs is 2. The quantitative estimate of drug-likeness (QED) is 0.412. The number of furan rings is 1. The van der Waals surface area contributed by atoms with Gasteiger partial charge in [0.1, 0.15) is 5.76 Å². The Morgan fingerprint density at radius 3 is 2.94 bits per heavy atom. The molecule has 0 saturated carbocycles. The van der Waals surface area contributed by atoms with E-state index in [2.05, 4.69) is 15.6 Å². The zero-order valence-corrected chi connectivity index (χ0v) is 18.4. The highest BCUT2D eigenvalue weighted by Crippen LogP contribution is 2.38. The third kappa shape index (κ3) is 4.32. The number of para-hydroxylation sites is 1. The molecular weight excluding hydrogens is 454 g/mol. The Bertz CT molecular complexity index is 1270. The van der Waals surface area contributed by atoms with Gasteiger partial charge in [0.05, 0.1) is 27.7 Å². The third-order valence-electron chi connectivity index (χ3n) is 4.76. The maximum atomic E-state index is 12.4. The Morgan fingerprint density at radius 1 is 1.19 bits per heavy atom. The first-order valence-electron chi connectivity index (χ1n) is 9.53. The average molecular weight is 470 g/mol. The molecule has 31 heavy (non-hydrogen) atoms. The Balaban J connectivity index is 1.19. The summed E-state index contributed by atoms with van der Waals surface area (Å²) in [5, 5.41) is 6.50. The van der Waals surface area contributed by atoms with Crippen LogP contribution in [0.4, 0.5) is 5.69 Å². The van der Waals surface area contributed by atoms with Gasteiger partial charge in [-0.1, -0.05) is 23.7 Å². The molecule has 6 nitrogen and oxygen atoms in total. The number of amides is 2. The minimum absolute atomic E-state index is 0.0734. The summed E-state index contributed by atoms with van der Waals surface area (Å²) >= 11 is 8.89. The van der Waals surface area contributed by atoms with Crippen molar-refractivity contribution in [3.8, 4) is 10.8 Å². The molecule has 0 radical (unpaired) electrons. The van der Waals surface area contributed by atoms with Gasteiger partial charge in [-0.25, -0.2) is 4.98 Å². The second-order valence-electron chi connectivity index (χ2n) is 6.97. The van der Waals surface area contributed by atoms with Crippen molar-refractivity contribution in [1.29, 1.82) is 0 Å². The molecule has 2 aromatic heterocycles. The molecule has 3 heterocycles. The number of anilines is 1. The van der Waals surface area contributed by atoms with Crippen LogP contribution in [0.5, 0.6) is 0 Å². The van der Waals surface area contributed by atoms with Crippen molar-refractivity contribution in [2.75, 3.05) is 5.32 Å². The summed E-state index contributed by atoms with van der Waals surface area (Å²) in [6.45, 7) is 0.245. The number of carbonyl (C=O) groups is 2. The van der Waals surface area contributed by atoms with Crippen LogP contribution < -0.4 is 10.6 Å². The van der Waals surface area contributed by atoms with Crippen LogP contribution >= 0.6 is 34.7 Å². The van der Waals surface area contributed by atoms with Crippen molar-refractivity contribution in [2.24, 2.45) is 0 Å². The predicted molar refractivity (Wildman–Crippen MR) is 124 cm³/mol. The second kappa shape index (κ2) is 8.37. The van der Waals surface area contributed by atoms with E-state index < -0.39 is 5.25 Å². The summed E-state index contributed by atoms with van der Waals surface area (Å²) in [6, 6.07) is 16.9. The van der Waals surface area contributed by atoms with Crippen molar-refractivity contribution >= 4 is 62.4 Å². The van der Waals surface area contributed by atoms with Crippen molar-refractivity contribution in [2.45, 2.75) is 23.1 Å². The zero-order valence-electron chi connectivity index (χ0n) is 16.1. The fourth-order valence-corrected chi connectivity index (χ4v) is 5.44. The van der Waals surface area contributed by atoms with Gasteiger partial charge in [0.25, 0.3) is 0 Å². The van der Waals surface area contributed by atoms with Crippen LogP contribution in [0.3, 0.4) is 0 Å². The number of thioether (sulfide) groups is 1. The molecule has 0 bridgehead atoms. The topological polar surface area (TPSA) is 84.2 Å². The number of rotatable bonds is 5. The maximum Gasteiger partial charge on any atom is 0.238 e. The SMILES string of the molecule is O=C(C[C@H]1Sc2ccc(Cl)cc2NC1=O)NCc1ccc(-c2nc3ccccc3s2)o1. The van der Waals surface area contributed by atoms with Crippen LogP contribution in [0, 0.1) is 0 Å². The first-order chi connectivity index (χ1) is 15.0. The normalized spacial score (nSPS) is 15.5. The van der Waals surface area contributed by atoms with Crippen LogP contribution in [-0.2, 0) is 16.1 Å². The number of hydrogen-bond acceptors (Lipinski definition) is 6. The first-order valence-corrected chi connectivity index (χ1v) is 11.6. The van der Waals surface area contributed by atoms with Crippen LogP contribution in [0.15, 0.2) is 63.9 Å². The highest BCUT2D eigenvalue weighted by Gasteiger charge is 2.29. The first kappa shape index (κ1) is 20.1. The molecule has 0 unspecified atom stereocenters. The molecule has 0 aliphatic carbocycles. The van der Waals surface area contributed by atoms with Crippen LogP contribution in [0.1, 0.15) is 12.2 Å². The van der Waals surface area contributed by atoms with E-state index in [1.165, 1.54) is 11.8 Å². The number of nitrogens with zero attached hydrogens (tertiary/aromatic N) is 1. The van der Waals surface area contributed by atoms with E-state index in [1.54, 1.807) is 23.5 Å². The Labute approximate surface area is 191 Å². The number of nitrogens with one attached hydrogen (secondary N) is 2. The van der Waals surface area contributed by atoms with E-state index in [0.717, 1.165) is 20.1 Å². The van der Waals surface area contributed by atoms with Gasteiger partial charge in [0.2, 0.25) is 11.8 Å². The summed E-state index contributed by atoms with van der Waals surface area (Å²) in [7, 11) is 0. The number of benzene rings is 2. The molecule has 0 saturated heterocycles. The molecule has 4 aromatic rings. The summed E-state index contributed by atoms with van der Waals surface area (Å²) in [5.41, 5.74) is 1.61. The predicted octanol–water partition coefficient (Wildman–Crippen LogP) is 5.33. The van der Waals surface area contributed by atoms with E-state index in [-0.39, 0.29) is 24.8 Å². The smallest absolute Gasteiger partial charge is 0.238 e. The largest absolute Gasteiger partial charge is 0.457 e. The van der Waals surface area contributed by atoms with E-state index in [4.69, 9.17) is 16.0 Å². The highest BCUT2D eigenvalue weighted by atomic mass is 35.5. The molecule has 1 aliphatic rings. The second-order valence-corrected chi connectivity index (χ2v) is 9.68. The van der Waals surface area contributed by atoms with Gasteiger partial charge in [-0.3, -0.25) is 9.59 Å². The summed E-state index contributed by atoms with van der Waals surface area (Å²) in [5.74, 6) is 0.875. The molecule has 5 rings (SSSR count). The molecule has 0 spiro atoms. The number of halogens is 1. The van der Waals surface area contributed by atoms with Gasteiger partial charge in [-0.05, 0) is 42.5 Å². The summed E-state index contributed by atoms with van der Waals surface area (Å²) in [4.78, 5) is 30.2. The molecule has 1 aliphatic heterocycles. The van der Waals surface area contributed by atoms with E-state index in [9.17, 15) is 9.59 Å². The average Bonchev–Trinajstić information content (AvgIpc) is 3.40. The fraction of sp³-hybridized carbons (Fsp3) is 0.136. The molecule has 2 amide bonds. The van der Waals surface area contributed by atoms with E-state index >= 15 is 0 Å². The van der Waals surface area contributed by atoms with Crippen molar-refractivity contribution in [1.82, 2.24) is 10.3 Å². The summed E-state index contributed by atoms with van der Waals surface area (Å²) in [6.07, 6.45) is 0.0734. The van der Waals surface area contributed by atoms with Crippen molar-refractivity contribution in [3.05, 3.63) is 65.4 Å². The summed E-state index contributed by atoms with van der Waals surface area (Å²) < 4.78 is 6.95. The standard InChI is InChI=1S/C22H16ClN3O3S2/c23-12-5-8-18-15(9-12)25-21(28)19(30-18)10-20(27)24-11-13-6-7-16(29-13)22-26-14-3-1-2-4-17(14)31-22/h1-9,19H,10-11H2,(H,24,27)(H,25,28)/t19-/m1/s1.